The summed E-state index contributed by atoms with van der Waals surface area (Å²) >= 11 is 6.17. The van der Waals surface area contributed by atoms with Gasteiger partial charge in [0.2, 0.25) is 0 Å². The van der Waals surface area contributed by atoms with Gasteiger partial charge >= 0.3 is 11.8 Å². The Kier molecular flexibility index (Phi) is 5.86. The number of aromatic nitrogens is 1. The van der Waals surface area contributed by atoms with Gasteiger partial charge in [-0.2, -0.15) is 5.10 Å². The van der Waals surface area contributed by atoms with Crippen LogP contribution in [0.3, 0.4) is 0 Å². The number of carbonyl (C=O) groups excluding carboxylic acids is 2. The van der Waals surface area contributed by atoms with Gasteiger partial charge in [0.25, 0.3) is 0 Å². The van der Waals surface area contributed by atoms with Crippen LogP contribution in [0.1, 0.15) is 11.1 Å². The Bertz CT molecular complexity index is 1080. The first-order valence-corrected chi connectivity index (χ1v) is 8.70. The molecule has 8 heteroatoms. The molecule has 7 nitrogen and oxygen atoms in total. The van der Waals surface area contributed by atoms with E-state index >= 15 is 0 Å². The molecule has 0 unspecified atom stereocenters. The van der Waals surface area contributed by atoms with Gasteiger partial charge in [-0.3, -0.25) is 9.59 Å². The van der Waals surface area contributed by atoms with Crippen LogP contribution in [0, 0.1) is 6.92 Å². The van der Waals surface area contributed by atoms with Crippen molar-refractivity contribution in [3.05, 3.63) is 64.8 Å². The van der Waals surface area contributed by atoms with Crippen LogP contribution in [0.15, 0.2) is 53.6 Å². The normalized spacial score (nSPS) is 10.8. The van der Waals surface area contributed by atoms with Crippen molar-refractivity contribution in [2.45, 2.75) is 6.92 Å². The van der Waals surface area contributed by atoms with Gasteiger partial charge in [0.15, 0.2) is 0 Å². The number of benzene rings is 2. The van der Waals surface area contributed by atoms with E-state index in [1.54, 1.807) is 30.3 Å². The first kappa shape index (κ1) is 19.3. The van der Waals surface area contributed by atoms with Crippen molar-refractivity contribution in [1.82, 2.24) is 10.4 Å². The molecule has 2 N–H and O–H groups in total. The SMILES string of the molecule is COc1ccccc1NC(=O)C(=O)N/N=C/c1cc2ccc(C)cc2nc1Cl. The first-order valence-electron chi connectivity index (χ1n) is 8.32. The van der Waals surface area contributed by atoms with E-state index in [-0.39, 0.29) is 5.15 Å². The largest absolute Gasteiger partial charge is 0.495 e. The zero-order valence-electron chi connectivity index (χ0n) is 15.2. The van der Waals surface area contributed by atoms with Crippen LogP contribution in [-0.2, 0) is 9.59 Å². The van der Waals surface area contributed by atoms with Crippen LogP contribution in [0.25, 0.3) is 10.9 Å². The van der Waals surface area contributed by atoms with Gasteiger partial charge < -0.3 is 10.1 Å². The number of fused-ring (bicyclic) bond motifs is 1. The molecule has 2 amide bonds. The number of halogens is 1. The van der Waals surface area contributed by atoms with Crippen molar-refractivity contribution >= 4 is 46.2 Å². The molecular weight excluding hydrogens is 380 g/mol. The minimum Gasteiger partial charge on any atom is -0.495 e. The van der Waals surface area contributed by atoms with Crippen LogP contribution in [0.2, 0.25) is 5.15 Å². The second kappa shape index (κ2) is 8.49. The summed E-state index contributed by atoms with van der Waals surface area (Å²) in [4.78, 5) is 28.3. The quantitative estimate of drug-likeness (QED) is 0.306. The highest BCUT2D eigenvalue weighted by atomic mass is 35.5. The molecule has 0 aliphatic rings. The molecule has 0 fully saturated rings. The van der Waals surface area contributed by atoms with Crippen molar-refractivity contribution in [2.75, 3.05) is 12.4 Å². The molecule has 28 heavy (non-hydrogen) atoms. The van der Waals surface area contributed by atoms with E-state index in [4.69, 9.17) is 16.3 Å². The number of methoxy groups -OCH3 is 1. The Morgan fingerprint density at radius 3 is 2.71 bits per heavy atom. The van der Waals surface area contributed by atoms with Crippen molar-refractivity contribution < 1.29 is 14.3 Å². The minimum absolute atomic E-state index is 0.245. The van der Waals surface area contributed by atoms with Crippen molar-refractivity contribution in [3.8, 4) is 5.75 Å². The average Bonchev–Trinajstić information content (AvgIpc) is 2.68. The van der Waals surface area contributed by atoms with Crippen LogP contribution in [-0.4, -0.2) is 30.1 Å². The smallest absolute Gasteiger partial charge is 0.329 e. The van der Waals surface area contributed by atoms with Gasteiger partial charge in [-0.15, -0.1) is 0 Å². The molecule has 3 rings (SSSR count). The molecule has 0 saturated carbocycles. The number of nitrogens with one attached hydrogen (secondary N) is 2. The number of para-hydroxylation sites is 2. The highest BCUT2D eigenvalue weighted by Gasteiger charge is 2.15. The number of aryl methyl sites for hydroxylation is 1. The number of nitrogens with zero attached hydrogens (tertiary/aromatic N) is 2. The number of pyridine rings is 1. The van der Waals surface area contributed by atoms with Crippen LogP contribution in [0.4, 0.5) is 5.69 Å². The molecule has 0 atom stereocenters. The number of ether oxygens (including phenoxy) is 1. The Morgan fingerprint density at radius 1 is 1.14 bits per heavy atom. The summed E-state index contributed by atoms with van der Waals surface area (Å²) in [6.45, 7) is 1.97. The van der Waals surface area contributed by atoms with Crippen molar-refractivity contribution in [1.29, 1.82) is 0 Å². The predicted octanol–water partition coefficient (Wildman–Crippen LogP) is 3.29. The molecule has 2 aromatic carbocycles. The van der Waals surface area contributed by atoms with Crippen molar-refractivity contribution in [2.24, 2.45) is 5.10 Å². The molecule has 0 bridgehead atoms. The number of rotatable bonds is 4. The lowest BCUT2D eigenvalue weighted by molar-refractivity contribution is -0.136. The fourth-order valence-electron chi connectivity index (χ4n) is 2.50. The molecule has 1 aromatic heterocycles. The maximum atomic E-state index is 12.0. The van der Waals surface area contributed by atoms with Gasteiger partial charge in [-0.1, -0.05) is 35.9 Å². The number of hydrogen-bond donors (Lipinski definition) is 2. The lowest BCUT2D eigenvalue weighted by atomic mass is 10.1. The molecule has 142 valence electrons. The zero-order valence-corrected chi connectivity index (χ0v) is 15.9. The predicted molar refractivity (Wildman–Crippen MR) is 109 cm³/mol. The van der Waals surface area contributed by atoms with Gasteiger partial charge in [0.05, 0.1) is 24.5 Å². The van der Waals surface area contributed by atoms with E-state index in [1.807, 2.05) is 25.1 Å². The fourth-order valence-corrected chi connectivity index (χ4v) is 2.69. The maximum Gasteiger partial charge on any atom is 0.329 e. The Morgan fingerprint density at radius 2 is 1.93 bits per heavy atom. The number of hydrazone groups is 1. The summed E-state index contributed by atoms with van der Waals surface area (Å²) in [5.74, 6) is -1.36. The third-order valence-electron chi connectivity index (χ3n) is 3.88. The van der Waals surface area contributed by atoms with Gasteiger partial charge in [0.1, 0.15) is 10.9 Å². The number of carbonyl (C=O) groups is 2. The molecule has 0 saturated heterocycles. The fraction of sp³-hybridized carbons (Fsp3) is 0.100. The van der Waals surface area contributed by atoms with Gasteiger partial charge in [-0.25, -0.2) is 10.4 Å². The topological polar surface area (TPSA) is 92.7 Å². The van der Waals surface area contributed by atoms with E-state index < -0.39 is 11.8 Å². The second-order valence-corrected chi connectivity index (χ2v) is 6.28. The molecule has 0 spiro atoms. The van der Waals surface area contributed by atoms with Crippen molar-refractivity contribution in [3.63, 3.8) is 0 Å². The van der Waals surface area contributed by atoms with E-state index in [1.165, 1.54) is 13.3 Å². The lowest BCUT2D eigenvalue weighted by Crippen LogP contribution is -2.32. The Balaban J connectivity index is 1.67. The second-order valence-electron chi connectivity index (χ2n) is 5.92. The molecule has 1 heterocycles. The van der Waals surface area contributed by atoms with Gasteiger partial charge in [0, 0.05) is 10.9 Å². The van der Waals surface area contributed by atoms with Crippen LogP contribution in [0.5, 0.6) is 5.75 Å². The maximum absolute atomic E-state index is 12.0. The van der Waals surface area contributed by atoms with Crippen LogP contribution >= 0.6 is 11.6 Å². The highest BCUT2D eigenvalue weighted by molar-refractivity contribution is 6.39. The Labute approximate surface area is 166 Å². The van der Waals surface area contributed by atoms with E-state index in [2.05, 4.69) is 20.8 Å². The summed E-state index contributed by atoms with van der Waals surface area (Å²) in [5, 5.41) is 7.38. The third-order valence-corrected chi connectivity index (χ3v) is 4.19. The number of amides is 2. The Hall–Kier alpha value is -3.45. The summed E-state index contributed by atoms with van der Waals surface area (Å²) in [7, 11) is 1.47. The average molecular weight is 397 g/mol. The highest BCUT2D eigenvalue weighted by Crippen LogP contribution is 2.23. The minimum atomic E-state index is -0.928. The first-order chi connectivity index (χ1) is 13.5. The molecule has 0 aliphatic carbocycles. The molecular formula is C20H17ClN4O3. The molecule has 3 aromatic rings. The summed E-state index contributed by atoms with van der Waals surface area (Å²) in [6.07, 6.45) is 1.34. The summed E-state index contributed by atoms with van der Waals surface area (Å²) < 4.78 is 5.12. The van der Waals surface area contributed by atoms with Crippen LogP contribution < -0.4 is 15.5 Å². The summed E-state index contributed by atoms with van der Waals surface area (Å²) in [5.41, 5.74) is 4.90. The molecule has 0 radical (unpaired) electrons. The standard InChI is InChI=1S/C20H17ClN4O3/c1-12-7-8-13-10-14(18(21)23-16(13)9-12)11-22-25-20(27)19(26)24-15-5-3-4-6-17(15)28-2/h3-11H,1-2H3,(H,24,26)(H,25,27)/b22-11+. The summed E-state index contributed by atoms with van der Waals surface area (Å²) in [6, 6.07) is 14.4. The zero-order chi connectivity index (χ0) is 20.1. The molecule has 0 aliphatic heterocycles. The third kappa shape index (κ3) is 4.44. The monoisotopic (exact) mass is 396 g/mol. The number of anilines is 1. The lowest BCUT2D eigenvalue weighted by Gasteiger charge is -2.08. The number of hydrogen-bond acceptors (Lipinski definition) is 5. The van der Waals surface area contributed by atoms with Gasteiger partial charge in [-0.05, 0) is 36.8 Å². The van der Waals surface area contributed by atoms with E-state index in [0.29, 0.717) is 17.0 Å². The van der Waals surface area contributed by atoms with E-state index in [9.17, 15) is 9.59 Å². The van der Waals surface area contributed by atoms with E-state index in [0.717, 1.165) is 16.5 Å².